The van der Waals surface area contributed by atoms with Gasteiger partial charge in [0.05, 0.1) is 18.0 Å². The molecule has 1 N–H and O–H groups in total. The summed E-state index contributed by atoms with van der Waals surface area (Å²) in [6.07, 6.45) is 3.63. The highest BCUT2D eigenvalue weighted by Crippen LogP contribution is 2.08. The number of aryl methyl sites for hydroxylation is 1. The predicted octanol–water partition coefficient (Wildman–Crippen LogP) is 0.314. The molecule has 1 fully saturated rings. The molecule has 1 aliphatic heterocycles. The Kier molecular flexibility index (Phi) is 5.03. The SMILES string of the molecule is CC[C@@H](O)CN1CCN(C(=O)c2cnc(C)cn2)CC1. The van der Waals surface area contributed by atoms with E-state index in [2.05, 4.69) is 14.9 Å². The Labute approximate surface area is 119 Å². The molecule has 0 spiro atoms. The minimum absolute atomic E-state index is 0.0619. The molecule has 0 radical (unpaired) electrons. The molecule has 110 valence electrons. The lowest BCUT2D eigenvalue weighted by Crippen LogP contribution is -2.50. The van der Waals surface area contributed by atoms with Crippen LogP contribution in [0.25, 0.3) is 0 Å². The first kappa shape index (κ1) is 14.9. The number of nitrogens with zero attached hydrogens (tertiary/aromatic N) is 4. The van der Waals surface area contributed by atoms with E-state index >= 15 is 0 Å². The number of aromatic nitrogens is 2. The van der Waals surface area contributed by atoms with E-state index in [0.717, 1.165) is 25.2 Å². The lowest BCUT2D eigenvalue weighted by molar-refractivity contribution is 0.0519. The van der Waals surface area contributed by atoms with E-state index in [1.807, 2.05) is 13.8 Å². The van der Waals surface area contributed by atoms with Crippen LogP contribution in [0.4, 0.5) is 0 Å². The normalized spacial score (nSPS) is 18.1. The van der Waals surface area contributed by atoms with Crippen molar-refractivity contribution in [3.05, 3.63) is 23.8 Å². The van der Waals surface area contributed by atoms with E-state index in [4.69, 9.17) is 0 Å². The van der Waals surface area contributed by atoms with Gasteiger partial charge in [-0.25, -0.2) is 4.98 Å². The summed E-state index contributed by atoms with van der Waals surface area (Å²) in [7, 11) is 0. The van der Waals surface area contributed by atoms with Gasteiger partial charge in [-0.2, -0.15) is 0 Å². The van der Waals surface area contributed by atoms with Gasteiger partial charge in [0.25, 0.3) is 5.91 Å². The molecule has 0 aromatic carbocycles. The van der Waals surface area contributed by atoms with Crippen LogP contribution in [0.3, 0.4) is 0 Å². The van der Waals surface area contributed by atoms with Crippen LogP contribution in [0.2, 0.25) is 0 Å². The van der Waals surface area contributed by atoms with Crippen molar-refractivity contribution in [3.63, 3.8) is 0 Å². The van der Waals surface area contributed by atoms with E-state index in [9.17, 15) is 9.90 Å². The van der Waals surface area contributed by atoms with Crippen LogP contribution in [-0.4, -0.2) is 69.6 Å². The second-order valence-corrected chi connectivity index (χ2v) is 5.20. The van der Waals surface area contributed by atoms with Gasteiger partial charge >= 0.3 is 0 Å². The number of β-amino-alcohol motifs (C(OH)–C–C–N with tert-alkyl or cyclic N) is 1. The van der Waals surface area contributed by atoms with Crippen LogP contribution in [0, 0.1) is 6.92 Å². The van der Waals surface area contributed by atoms with Crippen molar-refractivity contribution in [2.24, 2.45) is 0 Å². The molecule has 0 unspecified atom stereocenters. The average Bonchev–Trinajstić information content (AvgIpc) is 2.48. The van der Waals surface area contributed by atoms with Crippen LogP contribution in [-0.2, 0) is 0 Å². The fourth-order valence-electron chi connectivity index (χ4n) is 2.23. The van der Waals surface area contributed by atoms with Gasteiger partial charge in [0.15, 0.2) is 0 Å². The molecule has 1 amide bonds. The van der Waals surface area contributed by atoms with E-state index in [0.29, 0.717) is 25.3 Å². The van der Waals surface area contributed by atoms with Gasteiger partial charge in [0.2, 0.25) is 0 Å². The maximum absolute atomic E-state index is 12.3. The van der Waals surface area contributed by atoms with Crippen LogP contribution in [0.5, 0.6) is 0 Å². The lowest BCUT2D eigenvalue weighted by atomic mass is 10.2. The summed E-state index contributed by atoms with van der Waals surface area (Å²) >= 11 is 0. The number of carbonyl (C=O) groups excluding carboxylic acids is 1. The summed E-state index contributed by atoms with van der Waals surface area (Å²) in [4.78, 5) is 24.5. The third-order valence-electron chi connectivity index (χ3n) is 3.60. The number of amides is 1. The van der Waals surface area contributed by atoms with Crippen molar-refractivity contribution in [2.75, 3.05) is 32.7 Å². The molecule has 6 heteroatoms. The summed E-state index contributed by atoms with van der Waals surface area (Å²) < 4.78 is 0. The number of hydrogen-bond donors (Lipinski definition) is 1. The Bertz CT molecular complexity index is 441. The summed E-state index contributed by atoms with van der Waals surface area (Å²) in [6, 6.07) is 0. The van der Waals surface area contributed by atoms with Crippen molar-refractivity contribution in [2.45, 2.75) is 26.4 Å². The van der Waals surface area contributed by atoms with Gasteiger partial charge in [-0.05, 0) is 13.3 Å². The van der Waals surface area contributed by atoms with Crippen LogP contribution in [0.1, 0.15) is 29.5 Å². The predicted molar refractivity (Wildman–Crippen MR) is 75.4 cm³/mol. The number of rotatable bonds is 4. The fourth-order valence-corrected chi connectivity index (χ4v) is 2.23. The molecule has 1 aromatic heterocycles. The van der Waals surface area contributed by atoms with Gasteiger partial charge in [-0.15, -0.1) is 0 Å². The maximum Gasteiger partial charge on any atom is 0.274 e. The zero-order valence-electron chi connectivity index (χ0n) is 12.1. The number of carbonyl (C=O) groups is 1. The fraction of sp³-hybridized carbons (Fsp3) is 0.643. The van der Waals surface area contributed by atoms with E-state index in [1.54, 1.807) is 11.1 Å². The topological polar surface area (TPSA) is 69.6 Å². The Morgan fingerprint density at radius 1 is 1.30 bits per heavy atom. The third kappa shape index (κ3) is 3.74. The molecule has 1 aliphatic rings. The number of aliphatic hydroxyl groups is 1. The first-order chi connectivity index (χ1) is 9.60. The first-order valence-corrected chi connectivity index (χ1v) is 7.08. The quantitative estimate of drug-likeness (QED) is 0.858. The van der Waals surface area contributed by atoms with Crippen molar-refractivity contribution >= 4 is 5.91 Å². The molecule has 0 bridgehead atoms. The summed E-state index contributed by atoms with van der Waals surface area (Å²) in [6.45, 7) is 7.43. The van der Waals surface area contributed by atoms with Gasteiger partial charge in [0, 0.05) is 38.9 Å². The summed E-state index contributed by atoms with van der Waals surface area (Å²) in [5, 5.41) is 9.65. The number of piperazine rings is 1. The maximum atomic E-state index is 12.3. The Morgan fingerprint density at radius 2 is 2.00 bits per heavy atom. The van der Waals surface area contributed by atoms with E-state index in [-0.39, 0.29) is 12.0 Å². The molecule has 2 rings (SSSR count). The minimum atomic E-state index is -0.278. The largest absolute Gasteiger partial charge is 0.392 e. The van der Waals surface area contributed by atoms with Crippen molar-refractivity contribution in [1.29, 1.82) is 0 Å². The van der Waals surface area contributed by atoms with Gasteiger partial charge in [-0.3, -0.25) is 14.7 Å². The minimum Gasteiger partial charge on any atom is -0.392 e. The van der Waals surface area contributed by atoms with E-state index in [1.165, 1.54) is 6.20 Å². The van der Waals surface area contributed by atoms with Gasteiger partial charge in [-0.1, -0.05) is 6.92 Å². The summed E-state index contributed by atoms with van der Waals surface area (Å²) in [5.74, 6) is -0.0619. The van der Waals surface area contributed by atoms with Gasteiger partial charge < -0.3 is 10.0 Å². The zero-order valence-corrected chi connectivity index (χ0v) is 12.1. The highest BCUT2D eigenvalue weighted by atomic mass is 16.3. The molecule has 20 heavy (non-hydrogen) atoms. The van der Waals surface area contributed by atoms with Gasteiger partial charge in [0.1, 0.15) is 5.69 Å². The number of hydrogen-bond acceptors (Lipinski definition) is 5. The lowest BCUT2D eigenvalue weighted by Gasteiger charge is -2.35. The van der Waals surface area contributed by atoms with Crippen molar-refractivity contribution in [1.82, 2.24) is 19.8 Å². The average molecular weight is 278 g/mol. The van der Waals surface area contributed by atoms with Crippen LogP contribution in [0.15, 0.2) is 12.4 Å². The smallest absolute Gasteiger partial charge is 0.274 e. The van der Waals surface area contributed by atoms with E-state index < -0.39 is 0 Å². The molecule has 0 saturated carbocycles. The monoisotopic (exact) mass is 278 g/mol. The second kappa shape index (κ2) is 6.76. The molecule has 1 atom stereocenters. The third-order valence-corrected chi connectivity index (χ3v) is 3.60. The zero-order chi connectivity index (χ0) is 14.5. The van der Waals surface area contributed by atoms with Crippen LogP contribution >= 0.6 is 0 Å². The molecule has 2 heterocycles. The Balaban J connectivity index is 1.87. The molecule has 1 saturated heterocycles. The second-order valence-electron chi connectivity index (χ2n) is 5.20. The molecular formula is C14H22N4O2. The Morgan fingerprint density at radius 3 is 2.55 bits per heavy atom. The highest BCUT2D eigenvalue weighted by molar-refractivity contribution is 5.92. The Hall–Kier alpha value is -1.53. The number of aliphatic hydroxyl groups excluding tert-OH is 1. The molecule has 0 aliphatic carbocycles. The van der Waals surface area contributed by atoms with Crippen LogP contribution < -0.4 is 0 Å². The molecular weight excluding hydrogens is 256 g/mol. The standard InChI is InChI=1S/C14H22N4O2/c1-3-12(19)10-17-4-6-18(7-5-17)14(20)13-9-15-11(2)8-16-13/h8-9,12,19H,3-7,10H2,1-2H3/t12-/m1/s1. The molecule has 6 nitrogen and oxygen atoms in total. The highest BCUT2D eigenvalue weighted by Gasteiger charge is 2.23. The summed E-state index contributed by atoms with van der Waals surface area (Å²) in [5.41, 5.74) is 1.21. The van der Waals surface area contributed by atoms with Crippen molar-refractivity contribution < 1.29 is 9.90 Å². The first-order valence-electron chi connectivity index (χ1n) is 7.08. The molecule has 1 aromatic rings. The van der Waals surface area contributed by atoms with Crippen molar-refractivity contribution in [3.8, 4) is 0 Å².